The van der Waals surface area contributed by atoms with E-state index < -0.39 is 5.41 Å². The van der Waals surface area contributed by atoms with Crippen molar-refractivity contribution < 1.29 is 9.59 Å². The molecule has 4 saturated carbocycles. The number of rotatable bonds is 6. The van der Waals surface area contributed by atoms with Gasteiger partial charge in [0.25, 0.3) is 0 Å². The van der Waals surface area contributed by atoms with Crippen LogP contribution in [-0.2, 0) is 21.5 Å². The molecule has 1 aromatic carbocycles. The van der Waals surface area contributed by atoms with Gasteiger partial charge in [0.15, 0.2) is 0 Å². The Labute approximate surface area is 190 Å². The van der Waals surface area contributed by atoms with Crippen LogP contribution in [0.2, 0.25) is 0 Å². The molecule has 5 nitrogen and oxygen atoms in total. The first-order chi connectivity index (χ1) is 15.4. The molecule has 5 heteroatoms. The number of carbonyl (C=O) groups excluding carboxylic acids is 2. The SMILES string of the molecule is CC(C)(C(=O)NC1C2CC3CC1CC(C(=O)NCc1ccncc1)(C3)C2)c1ccccc1. The molecule has 4 fully saturated rings. The van der Waals surface area contributed by atoms with Gasteiger partial charge in [-0.1, -0.05) is 30.3 Å². The molecule has 1 aromatic heterocycles. The third kappa shape index (κ3) is 3.72. The second-order valence-electron chi connectivity index (χ2n) is 10.8. The summed E-state index contributed by atoms with van der Waals surface area (Å²) in [4.78, 5) is 30.7. The second kappa shape index (κ2) is 8.02. The first-order valence-electron chi connectivity index (χ1n) is 11.9. The number of nitrogens with zero attached hydrogens (tertiary/aromatic N) is 1. The van der Waals surface area contributed by atoms with E-state index >= 15 is 0 Å². The summed E-state index contributed by atoms with van der Waals surface area (Å²) in [5, 5.41) is 6.64. The van der Waals surface area contributed by atoms with Crippen molar-refractivity contribution >= 4 is 11.8 Å². The van der Waals surface area contributed by atoms with Crippen LogP contribution >= 0.6 is 0 Å². The maximum absolute atomic E-state index is 13.3. The van der Waals surface area contributed by atoms with E-state index in [4.69, 9.17) is 0 Å². The normalized spacial score (nSPS) is 30.7. The highest BCUT2D eigenvalue weighted by molar-refractivity contribution is 5.88. The lowest BCUT2D eigenvalue weighted by atomic mass is 9.47. The van der Waals surface area contributed by atoms with Crippen LogP contribution in [0.15, 0.2) is 54.9 Å². The molecule has 0 aliphatic heterocycles. The molecule has 2 aromatic rings. The fourth-order valence-electron chi connectivity index (χ4n) is 6.73. The number of hydrogen-bond donors (Lipinski definition) is 2. The Bertz CT molecular complexity index is 972. The van der Waals surface area contributed by atoms with Crippen LogP contribution in [0.3, 0.4) is 0 Å². The molecule has 4 aliphatic rings. The van der Waals surface area contributed by atoms with E-state index in [2.05, 4.69) is 15.6 Å². The average molecular weight is 432 g/mol. The number of carbonyl (C=O) groups is 2. The van der Waals surface area contributed by atoms with Crippen LogP contribution < -0.4 is 10.6 Å². The molecule has 4 bridgehead atoms. The third-order valence-corrected chi connectivity index (χ3v) is 8.32. The minimum atomic E-state index is -0.574. The predicted molar refractivity (Wildman–Crippen MR) is 123 cm³/mol. The predicted octanol–water partition coefficient (Wildman–Crippen LogP) is 3.99. The van der Waals surface area contributed by atoms with Gasteiger partial charge in [0, 0.05) is 25.0 Å². The Morgan fingerprint density at radius 3 is 2.31 bits per heavy atom. The molecule has 2 unspecified atom stereocenters. The molecular weight excluding hydrogens is 398 g/mol. The summed E-state index contributed by atoms with van der Waals surface area (Å²) in [6, 6.07) is 14.1. The van der Waals surface area contributed by atoms with E-state index in [1.807, 2.05) is 56.3 Å². The number of aromatic nitrogens is 1. The van der Waals surface area contributed by atoms with Crippen molar-refractivity contribution in [3.8, 4) is 0 Å². The Morgan fingerprint density at radius 1 is 1.00 bits per heavy atom. The van der Waals surface area contributed by atoms with Crippen molar-refractivity contribution in [1.82, 2.24) is 15.6 Å². The summed E-state index contributed by atoms with van der Waals surface area (Å²) in [5.41, 5.74) is 1.27. The lowest BCUT2D eigenvalue weighted by Crippen LogP contribution is -2.63. The van der Waals surface area contributed by atoms with Crippen LogP contribution in [-0.4, -0.2) is 22.8 Å². The van der Waals surface area contributed by atoms with E-state index in [0.29, 0.717) is 24.3 Å². The monoisotopic (exact) mass is 431 g/mol. The van der Waals surface area contributed by atoms with Gasteiger partial charge in [0.05, 0.1) is 10.8 Å². The molecule has 1 heterocycles. The second-order valence-corrected chi connectivity index (χ2v) is 10.8. The number of hydrogen-bond acceptors (Lipinski definition) is 3. The van der Waals surface area contributed by atoms with Gasteiger partial charge in [0.2, 0.25) is 11.8 Å². The van der Waals surface area contributed by atoms with Gasteiger partial charge in [-0.05, 0) is 87.0 Å². The third-order valence-electron chi connectivity index (χ3n) is 8.32. The Kier molecular flexibility index (Phi) is 5.31. The van der Waals surface area contributed by atoms with Crippen molar-refractivity contribution in [2.24, 2.45) is 23.2 Å². The van der Waals surface area contributed by atoms with E-state index in [1.165, 1.54) is 0 Å². The summed E-state index contributed by atoms with van der Waals surface area (Å²) in [5.74, 6) is 1.68. The van der Waals surface area contributed by atoms with Gasteiger partial charge in [-0.25, -0.2) is 0 Å². The molecule has 0 spiro atoms. The van der Waals surface area contributed by atoms with Crippen LogP contribution in [0.25, 0.3) is 0 Å². The maximum atomic E-state index is 13.3. The molecule has 168 valence electrons. The van der Waals surface area contributed by atoms with E-state index in [1.54, 1.807) is 12.4 Å². The summed E-state index contributed by atoms with van der Waals surface area (Å²) in [6.45, 7) is 4.55. The standard InChI is InChI=1S/C27H33N3O2/c1-26(2,22-6-4-3-5-7-22)24(31)30-23-20-12-19-13-21(23)16-27(14-19,15-20)25(32)29-17-18-8-10-28-11-9-18/h3-11,19-21,23H,12-17H2,1-2H3,(H,29,32)(H,30,31). The minimum absolute atomic E-state index is 0.0948. The lowest BCUT2D eigenvalue weighted by molar-refractivity contribution is -0.151. The van der Waals surface area contributed by atoms with Crippen molar-refractivity contribution in [2.75, 3.05) is 0 Å². The quantitative estimate of drug-likeness (QED) is 0.727. The van der Waals surface area contributed by atoms with Gasteiger partial charge in [0.1, 0.15) is 0 Å². The molecule has 0 radical (unpaired) electrons. The molecular formula is C27H33N3O2. The van der Waals surface area contributed by atoms with Crippen molar-refractivity contribution in [3.63, 3.8) is 0 Å². The molecule has 2 N–H and O–H groups in total. The largest absolute Gasteiger partial charge is 0.352 e. The van der Waals surface area contributed by atoms with Crippen LogP contribution in [0.5, 0.6) is 0 Å². The molecule has 2 amide bonds. The topological polar surface area (TPSA) is 71.1 Å². The van der Waals surface area contributed by atoms with Gasteiger partial charge < -0.3 is 10.6 Å². The summed E-state index contributed by atoms with van der Waals surface area (Å²) < 4.78 is 0. The highest BCUT2D eigenvalue weighted by Gasteiger charge is 2.58. The number of nitrogens with one attached hydrogen (secondary N) is 2. The lowest BCUT2D eigenvalue weighted by Gasteiger charge is -2.59. The highest BCUT2D eigenvalue weighted by Crippen LogP contribution is 2.60. The summed E-state index contributed by atoms with van der Waals surface area (Å²) in [6.07, 6.45) is 8.56. The van der Waals surface area contributed by atoms with Crippen LogP contribution in [0, 0.1) is 23.2 Å². The van der Waals surface area contributed by atoms with Gasteiger partial charge in [-0.15, -0.1) is 0 Å². The van der Waals surface area contributed by atoms with Gasteiger partial charge in [-0.2, -0.15) is 0 Å². The minimum Gasteiger partial charge on any atom is -0.352 e. The van der Waals surface area contributed by atoms with E-state index in [9.17, 15) is 9.59 Å². The number of benzene rings is 1. The zero-order valence-corrected chi connectivity index (χ0v) is 19.0. The van der Waals surface area contributed by atoms with E-state index in [-0.39, 0.29) is 23.3 Å². The Hall–Kier alpha value is -2.69. The summed E-state index contributed by atoms with van der Waals surface area (Å²) >= 11 is 0. The Balaban J connectivity index is 1.27. The first kappa shape index (κ1) is 21.2. The fourth-order valence-corrected chi connectivity index (χ4v) is 6.73. The highest BCUT2D eigenvalue weighted by atomic mass is 16.2. The Morgan fingerprint density at radius 2 is 1.66 bits per heavy atom. The van der Waals surface area contributed by atoms with Gasteiger partial charge in [-0.3, -0.25) is 14.6 Å². The molecule has 4 aliphatic carbocycles. The van der Waals surface area contributed by atoms with Crippen molar-refractivity contribution in [3.05, 3.63) is 66.0 Å². The molecule has 6 rings (SSSR count). The van der Waals surface area contributed by atoms with Crippen molar-refractivity contribution in [2.45, 2.75) is 64.0 Å². The molecule has 32 heavy (non-hydrogen) atoms. The average Bonchev–Trinajstić information content (AvgIpc) is 2.80. The number of pyridine rings is 1. The van der Waals surface area contributed by atoms with Crippen LogP contribution in [0.1, 0.15) is 57.1 Å². The molecule has 0 saturated heterocycles. The van der Waals surface area contributed by atoms with Gasteiger partial charge >= 0.3 is 0 Å². The van der Waals surface area contributed by atoms with E-state index in [0.717, 1.165) is 43.2 Å². The number of amides is 2. The maximum Gasteiger partial charge on any atom is 0.230 e. The fraction of sp³-hybridized carbons (Fsp3) is 0.519. The first-order valence-corrected chi connectivity index (χ1v) is 11.9. The zero-order chi connectivity index (χ0) is 22.3. The van der Waals surface area contributed by atoms with Crippen molar-refractivity contribution in [1.29, 1.82) is 0 Å². The molecule has 2 atom stereocenters. The van der Waals surface area contributed by atoms with Crippen LogP contribution in [0.4, 0.5) is 0 Å². The summed E-state index contributed by atoms with van der Waals surface area (Å²) in [7, 11) is 0. The smallest absolute Gasteiger partial charge is 0.230 e. The zero-order valence-electron chi connectivity index (χ0n) is 19.0.